The summed E-state index contributed by atoms with van der Waals surface area (Å²) in [6.45, 7) is 6.53. The number of rotatable bonds is 7. The van der Waals surface area contributed by atoms with E-state index in [1.807, 2.05) is 6.92 Å². The van der Waals surface area contributed by atoms with Crippen molar-refractivity contribution in [1.29, 1.82) is 0 Å². The predicted octanol–water partition coefficient (Wildman–Crippen LogP) is 3.41. The van der Waals surface area contributed by atoms with Gasteiger partial charge >= 0.3 is 5.97 Å². The zero-order valence-electron chi connectivity index (χ0n) is 16.4. The Bertz CT molecular complexity index is 723. The number of hydrogen-bond acceptors (Lipinski definition) is 4. The number of piperazine rings is 1. The molecule has 1 amide bonds. The van der Waals surface area contributed by atoms with Gasteiger partial charge in [-0.15, -0.1) is 0 Å². The van der Waals surface area contributed by atoms with Crippen LogP contribution in [0.15, 0.2) is 18.2 Å². The van der Waals surface area contributed by atoms with E-state index in [-0.39, 0.29) is 29.7 Å². The lowest BCUT2D eigenvalue weighted by Gasteiger charge is -2.34. The van der Waals surface area contributed by atoms with Gasteiger partial charge in [-0.2, -0.15) is 0 Å². The van der Waals surface area contributed by atoms with Gasteiger partial charge in [0.15, 0.2) is 5.72 Å². The zero-order valence-corrected chi connectivity index (χ0v) is 16.4. The fourth-order valence-corrected chi connectivity index (χ4v) is 4.03. The summed E-state index contributed by atoms with van der Waals surface area (Å²) in [5, 5.41) is 3.27. The van der Waals surface area contributed by atoms with Gasteiger partial charge in [0.2, 0.25) is 0 Å². The van der Waals surface area contributed by atoms with Gasteiger partial charge in [0.25, 0.3) is 5.91 Å². The fourth-order valence-electron chi connectivity index (χ4n) is 4.03. The molecule has 1 aromatic rings. The molecule has 6 heteroatoms. The van der Waals surface area contributed by atoms with Gasteiger partial charge in [0.05, 0.1) is 18.5 Å². The summed E-state index contributed by atoms with van der Waals surface area (Å²) in [6, 6.07) is 4.51. The summed E-state index contributed by atoms with van der Waals surface area (Å²) in [5.74, 6) is -0.949. The molecule has 27 heavy (non-hydrogen) atoms. The minimum absolute atomic E-state index is 0.0386. The highest BCUT2D eigenvalue weighted by atomic mass is 19.1. The Labute approximate surface area is 160 Å². The van der Waals surface area contributed by atoms with Crippen LogP contribution < -0.4 is 5.32 Å². The van der Waals surface area contributed by atoms with Crippen molar-refractivity contribution in [3.05, 3.63) is 35.1 Å². The molecule has 0 saturated carbocycles. The van der Waals surface area contributed by atoms with Gasteiger partial charge in [-0.1, -0.05) is 39.2 Å². The lowest BCUT2D eigenvalue weighted by molar-refractivity contribution is -0.166. The molecule has 148 valence electrons. The molecule has 3 rings (SSSR count). The number of likely N-dealkylation sites (tertiary alicyclic amines) is 1. The largest absolute Gasteiger partial charge is 0.442 e. The van der Waals surface area contributed by atoms with E-state index in [9.17, 15) is 14.0 Å². The molecule has 2 bridgehead atoms. The van der Waals surface area contributed by atoms with Crippen LogP contribution >= 0.6 is 0 Å². The quantitative estimate of drug-likeness (QED) is 0.585. The Balaban J connectivity index is 1.66. The molecule has 2 aliphatic heterocycles. The van der Waals surface area contributed by atoms with Crippen molar-refractivity contribution in [3.63, 3.8) is 0 Å². The number of halogens is 1. The van der Waals surface area contributed by atoms with Gasteiger partial charge < -0.3 is 9.64 Å². The lowest BCUT2D eigenvalue weighted by atomic mass is 10.0. The van der Waals surface area contributed by atoms with Crippen LogP contribution in [-0.2, 0) is 9.53 Å². The summed E-state index contributed by atoms with van der Waals surface area (Å²) in [6.07, 6.45) is 4.64. The molecule has 3 unspecified atom stereocenters. The highest BCUT2D eigenvalue weighted by molar-refractivity contribution is 5.96. The minimum Gasteiger partial charge on any atom is -0.442 e. The first-order valence-electron chi connectivity index (χ1n) is 9.91. The number of carbonyl (C=O) groups is 2. The first-order valence-corrected chi connectivity index (χ1v) is 9.91. The number of amides is 1. The van der Waals surface area contributed by atoms with Crippen LogP contribution in [-0.4, -0.2) is 41.6 Å². The van der Waals surface area contributed by atoms with Crippen LogP contribution in [0, 0.1) is 18.7 Å². The highest BCUT2D eigenvalue weighted by Crippen LogP contribution is 2.36. The fraction of sp³-hybridized carbons (Fsp3) is 0.619. The van der Waals surface area contributed by atoms with E-state index in [2.05, 4.69) is 12.2 Å². The van der Waals surface area contributed by atoms with Crippen molar-refractivity contribution < 1.29 is 18.7 Å². The second kappa shape index (κ2) is 7.97. The second-order valence-corrected chi connectivity index (χ2v) is 7.90. The van der Waals surface area contributed by atoms with Gasteiger partial charge in [0.1, 0.15) is 5.82 Å². The van der Waals surface area contributed by atoms with Crippen molar-refractivity contribution >= 4 is 11.9 Å². The van der Waals surface area contributed by atoms with E-state index in [4.69, 9.17) is 4.74 Å². The van der Waals surface area contributed by atoms with Crippen LogP contribution in [0.2, 0.25) is 0 Å². The van der Waals surface area contributed by atoms with Gasteiger partial charge in [-0.25, -0.2) is 4.39 Å². The molecule has 2 fully saturated rings. The number of esters is 1. The molecule has 0 radical (unpaired) electrons. The van der Waals surface area contributed by atoms with E-state index in [1.54, 1.807) is 24.0 Å². The van der Waals surface area contributed by atoms with Crippen LogP contribution in [0.5, 0.6) is 0 Å². The SMILES string of the molecule is CCCCCC(C)C(=O)OC12CC(CN1)N(C(=O)c1cccc(F)c1C)C2. The Hall–Kier alpha value is -1.95. The lowest BCUT2D eigenvalue weighted by Crippen LogP contribution is -2.55. The number of carbonyl (C=O) groups excluding carboxylic acids is 2. The first kappa shape index (κ1) is 19.8. The monoisotopic (exact) mass is 376 g/mol. The molecule has 5 nitrogen and oxygen atoms in total. The molecule has 0 aromatic heterocycles. The maximum Gasteiger partial charge on any atom is 0.310 e. The maximum absolute atomic E-state index is 13.8. The van der Waals surface area contributed by atoms with E-state index in [1.165, 1.54) is 6.07 Å². The number of nitrogens with one attached hydrogen (secondary N) is 1. The standard InChI is InChI=1S/C21H29FN2O3/c1-4-5-6-8-14(2)20(26)27-21-11-16(12-23-21)24(13-21)19(25)17-9-7-10-18(22)15(17)3/h7,9-10,14,16,23H,4-6,8,11-13H2,1-3H3. The summed E-state index contributed by atoms with van der Waals surface area (Å²) in [4.78, 5) is 27.2. The van der Waals surface area contributed by atoms with E-state index >= 15 is 0 Å². The Morgan fingerprint density at radius 2 is 2.19 bits per heavy atom. The van der Waals surface area contributed by atoms with Crippen molar-refractivity contribution in [2.45, 2.75) is 64.6 Å². The second-order valence-electron chi connectivity index (χ2n) is 7.90. The van der Waals surface area contributed by atoms with Crippen molar-refractivity contribution in [2.75, 3.05) is 13.1 Å². The molecule has 1 aromatic carbocycles. The number of hydrogen-bond donors (Lipinski definition) is 1. The van der Waals surface area contributed by atoms with E-state index < -0.39 is 5.72 Å². The molecule has 0 spiro atoms. The van der Waals surface area contributed by atoms with Crippen molar-refractivity contribution in [1.82, 2.24) is 10.2 Å². The molecule has 2 saturated heterocycles. The first-order chi connectivity index (χ1) is 12.9. The van der Waals surface area contributed by atoms with Crippen LogP contribution in [0.25, 0.3) is 0 Å². The van der Waals surface area contributed by atoms with Crippen LogP contribution in [0.1, 0.15) is 61.9 Å². The Kier molecular flexibility index (Phi) is 5.84. The predicted molar refractivity (Wildman–Crippen MR) is 101 cm³/mol. The number of ether oxygens (including phenoxy) is 1. The molecule has 3 atom stereocenters. The Morgan fingerprint density at radius 1 is 1.41 bits per heavy atom. The minimum atomic E-state index is -0.808. The zero-order chi connectivity index (χ0) is 19.6. The summed E-state index contributed by atoms with van der Waals surface area (Å²) >= 11 is 0. The van der Waals surface area contributed by atoms with Gasteiger partial charge in [-0.05, 0) is 31.0 Å². The highest BCUT2D eigenvalue weighted by Gasteiger charge is 2.54. The van der Waals surface area contributed by atoms with Gasteiger partial charge in [-0.3, -0.25) is 14.9 Å². The summed E-state index contributed by atoms with van der Waals surface area (Å²) in [7, 11) is 0. The van der Waals surface area contributed by atoms with E-state index in [0.717, 1.165) is 25.7 Å². The third-order valence-electron chi connectivity index (χ3n) is 5.79. The smallest absolute Gasteiger partial charge is 0.310 e. The maximum atomic E-state index is 13.8. The normalized spacial score (nSPS) is 24.9. The third-order valence-corrected chi connectivity index (χ3v) is 5.79. The Morgan fingerprint density at radius 3 is 2.93 bits per heavy atom. The molecule has 0 aliphatic carbocycles. The van der Waals surface area contributed by atoms with Crippen LogP contribution in [0.4, 0.5) is 4.39 Å². The van der Waals surface area contributed by atoms with Crippen molar-refractivity contribution in [3.8, 4) is 0 Å². The molecule has 2 heterocycles. The number of benzene rings is 1. The number of nitrogens with zero attached hydrogens (tertiary/aromatic N) is 1. The van der Waals surface area contributed by atoms with Crippen molar-refractivity contribution in [2.24, 2.45) is 5.92 Å². The molecule has 2 aliphatic rings. The number of fused-ring (bicyclic) bond motifs is 2. The van der Waals surface area contributed by atoms with Gasteiger partial charge in [0, 0.05) is 18.5 Å². The van der Waals surface area contributed by atoms with Crippen LogP contribution in [0.3, 0.4) is 0 Å². The third kappa shape index (κ3) is 4.00. The number of unbranched alkanes of at least 4 members (excludes halogenated alkanes) is 2. The topological polar surface area (TPSA) is 58.6 Å². The van der Waals surface area contributed by atoms with E-state index in [0.29, 0.717) is 30.6 Å². The summed E-state index contributed by atoms with van der Waals surface area (Å²) in [5.41, 5.74) is -0.0803. The molecular weight excluding hydrogens is 347 g/mol. The molecule has 1 N–H and O–H groups in total. The molecular formula is C21H29FN2O3. The average molecular weight is 376 g/mol. The average Bonchev–Trinajstić information content (AvgIpc) is 3.21. The summed E-state index contributed by atoms with van der Waals surface area (Å²) < 4.78 is 19.7.